The molecule has 128 valence electrons. The highest BCUT2D eigenvalue weighted by molar-refractivity contribution is 5.87. The monoisotopic (exact) mass is 332 g/mol. The first kappa shape index (κ1) is 15.1. The van der Waals surface area contributed by atoms with Crippen LogP contribution in [0.2, 0.25) is 0 Å². The summed E-state index contributed by atoms with van der Waals surface area (Å²) in [6.07, 6.45) is 10.3. The minimum Gasteiger partial charge on any atom is -0.344 e. The first-order valence-electron chi connectivity index (χ1n) is 9.30. The van der Waals surface area contributed by atoms with Crippen molar-refractivity contribution in [2.45, 2.75) is 51.2 Å². The summed E-state index contributed by atoms with van der Waals surface area (Å²) >= 11 is 0. The Bertz CT molecular complexity index is 928. The van der Waals surface area contributed by atoms with E-state index in [1.54, 1.807) is 17.6 Å². The van der Waals surface area contributed by atoms with Crippen molar-refractivity contribution < 1.29 is 0 Å². The van der Waals surface area contributed by atoms with E-state index in [4.69, 9.17) is 0 Å². The predicted octanol–water partition coefficient (Wildman–Crippen LogP) is 3.67. The molecule has 1 saturated heterocycles. The number of benzene rings is 1. The molecule has 0 spiro atoms. The molecule has 0 aliphatic carbocycles. The summed E-state index contributed by atoms with van der Waals surface area (Å²) in [5, 5.41) is 1.47. The van der Waals surface area contributed by atoms with E-state index < -0.39 is 0 Å². The van der Waals surface area contributed by atoms with Crippen molar-refractivity contribution in [1.29, 1.82) is 0 Å². The largest absolute Gasteiger partial charge is 0.344 e. The lowest BCUT2D eigenvalue weighted by Gasteiger charge is -2.32. The lowest BCUT2D eigenvalue weighted by molar-refractivity contribution is 0.222. The number of fused-ring (bicyclic) bond motifs is 6. The highest BCUT2D eigenvalue weighted by Gasteiger charge is 2.40. The first-order valence-corrected chi connectivity index (χ1v) is 9.30. The van der Waals surface area contributed by atoms with Gasteiger partial charge in [-0.15, -0.1) is 0 Å². The molecule has 2 bridgehead atoms. The first-order chi connectivity index (χ1) is 12.2. The van der Waals surface area contributed by atoms with E-state index in [1.165, 1.54) is 41.3 Å². The molecule has 1 fully saturated rings. The highest BCUT2D eigenvalue weighted by atomic mass is 15.2. The third-order valence-corrected chi connectivity index (χ3v) is 6.21. The Morgan fingerprint density at radius 3 is 2.84 bits per heavy atom. The van der Waals surface area contributed by atoms with Gasteiger partial charge in [0.25, 0.3) is 0 Å². The number of aryl methyl sites for hydroxylation is 3. The maximum Gasteiger partial charge on any atom is 0.115 e. The lowest BCUT2D eigenvalue weighted by atomic mass is 9.97. The Hall–Kier alpha value is -2.20. The summed E-state index contributed by atoms with van der Waals surface area (Å²) < 4.78 is 2.58. The standard InChI is InChI=1S/C21H24N4/c1-14-3-5-18-17(9-14)21-19-6-4-16(24(19)2)10-20(21)25(18)8-7-15-11-22-13-23-12-15/h3,5,9,11-13,16,19H,4,6-8,10H2,1-2H3. The van der Waals surface area contributed by atoms with Crippen molar-refractivity contribution in [3.05, 3.63) is 59.3 Å². The van der Waals surface area contributed by atoms with Crippen LogP contribution >= 0.6 is 0 Å². The highest BCUT2D eigenvalue weighted by Crippen LogP contribution is 2.46. The molecule has 2 unspecified atom stereocenters. The topological polar surface area (TPSA) is 34.0 Å². The molecule has 2 aliphatic heterocycles. The van der Waals surface area contributed by atoms with E-state index >= 15 is 0 Å². The van der Waals surface area contributed by atoms with Crippen LogP contribution in [-0.2, 0) is 19.4 Å². The quantitative estimate of drug-likeness (QED) is 0.734. The van der Waals surface area contributed by atoms with Crippen molar-refractivity contribution in [3.63, 3.8) is 0 Å². The third kappa shape index (κ3) is 2.31. The molecule has 1 aromatic carbocycles. The molecular formula is C21H24N4. The van der Waals surface area contributed by atoms with Crippen molar-refractivity contribution in [1.82, 2.24) is 19.4 Å². The molecular weight excluding hydrogens is 308 g/mol. The van der Waals surface area contributed by atoms with Crippen LogP contribution in [0.1, 0.15) is 41.3 Å². The Morgan fingerprint density at radius 1 is 1.16 bits per heavy atom. The fourth-order valence-corrected chi connectivity index (χ4v) is 4.92. The zero-order chi connectivity index (χ0) is 17.0. The summed E-state index contributed by atoms with van der Waals surface area (Å²) in [5.41, 5.74) is 7.13. The molecule has 4 heterocycles. The Labute approximate surface area is 148 Å². The van der Waals surface area contributed by atoms with Crippen LogP contribution in [0, 0.1) is 6.92 Å². The van der Waals surface area contributed by atoms with Gasteiger partial charge >= 0.3 is 0 Å². The molecule has 25 heavy (non-hydrogen) atoms. The van der Waals surface area contributed by atoms with E-state index in [0.29, 0.717) is 12.1 Å². The molecule has 5 rings (SSSR count). The van der Waals surface area contributed by atoms with Gasteiger partial charge in [0, 0.05) is 54.0 Å². The summed E-state index contributed by atoms with van der Waals surface area (Å²) in [7, 11) is 2.31. The zero-order valence-electron chi connectivity index (χ0n) is 14.9. The van der Waals surface area contributed by atoms with Gasteiger partial charge < -0.3 is 4.57 Å². The van der Waals surface area contributed by atoms with Crippen molar-refractivity contribution in [2.75, 3.05) is 7.05 Å². The minimum absolute atomic E-state index is 0.597. The normalized spacial score (nSPS) is 22.5. The molecule has 0 radical (unpaired) electrons. The van der Waals surface area contributed by atoms with Crippen LogP contribution in [0.15, 0.2) is 36.9 Å². The van der Waals surface area contributed by atoms with E-state index in [9.17, 15) is 0 Å². The third-order valence-electron chi connectivity index (χ3n) is 6.21. The van der Waals surface area contributed by atoms with E-state index in [2.05, 4.69) is 51.6 Å². The number of aromatic nitrogens is 3. The van der Waals surface area contributed by atoms with Gasteiger partial charge in [-0.05, 0) is 56.5 Å². The van der Waals surface area contributed by atoms with E-state index in [-0.39, 0.29) is 0 Å². The van der Waals surface area contributed by atoms with Crippen LogP contribution in [-0.4, -0.2) is 32.5 Å². The smallest absolute Gasteiger partial charge is 0.115 e. The average molecular weight is 332 g/mol. The Balaban J connectivity index is 1.62. The van der Waals surface area contributed by atoms with Gasteiger partial charge in [-0.2, -0.15) is 0 Å². The fourth-order valence-electron chi connectivity index (χ4n) is 4.92. The van der Waals surface area contributed by atoms with Crippen molar-refractivity contribution >= 4 is 10.9 Å². The Morgan fingerprint density at radius 2 is 2.00 bits per heavy atom. The molecule has 3 aromatic rings. The second kappa shape index (κ2) is 5.67. The van der Waals surface area contributed by atoms with Crippen LogP contribution in [0.25, 0.3) is 10.9 Å². The van der Waals surface area contributed by atoms with Crippen LogP contribution in [0.5, 0.6) is 0 Å². The number of nitrogens with zero attached hydrogens (tertiary/aromatic N) is 4. The van der Waals surface area contributed by atoms with Gasteiger partial charge in [0.05, 0.1) is 0 Å². The fraction of sp³-hybridized carbons (Fsp3) is 0.429. The van der Waals surface area contributed by atoms with Gasteiger partial charge in [-0.1, -0.05) is 11.6 Å². The SMILES string of the molecule is Cc1ccc2c(c1)c1c(n2CCc2cncnc2)CC2CCC1N2C. The molecule has 0 N–H and O–H groups in total. The maximum absolute atomic E-state index is 4.16. The molecule has 4 nitrogen and oxygen atoms in total. The molecule has 4 heteroatoms. The summed E-state index contributed by atoms with van der Waals surface area (Å²) in [6, 6.07) is 8.26. The average Bonchev–Trinajstić information content (AvgIpc) is 3.04. The molecule has 2 aromatic heterocycles. The van der Waals surface area contributed by atoms with E-state index in [0.717, 1.165) is 13.0 Å². The van der Waals surface area contributed by atoms with Gasteiger partial charge in [-0.3, -0.25) is 4.90 Å². The summed E-state index contributed by atoms with van der Waals surface area (Å²) in [5.74, 6) is 0. The molecule has 0 amide bonds. The number of hydrogen-bond acceptors (Lipinski definition) is 3. The van der Waals surface area contributed by atoms with Gasteiger partial charge in [-0.25, -0.2) is 9.97 Å². The van der Waals surface area contributed by atoms with Gasteiger partial charge in [0.1, 0.15) is 6.33 Å². The Kier molecular flexibility index (Phi) is 3.42. The lowest BCUT2D eigenvalue weighted by Crippen LogP contribution is -2.34. The van der Waals surface area contributed by atoms with Crippen LogP contribution in [0.3, 0.4) is 0 Å². The van der Waals surface area contributed by atoms with E-state index in [1.807, 2.05) is 12.4 Å². The van der Waals surface area contributed by atoms with Gasteiger partial charge in [0.15, 0.2) is 0 Å². The summed E-state index contributed by atoms with van der Waals surface area (Å²) in [6.45, 7) is 3.21. The molecule has 0 saturated carbocycles. The maximum atomic E-state index is 4.16. The van der Waals surface area contributed by atoms with Crippen molar-refractivity contribution in [2.24, 2.45) is 0 Å². The minimum atomic E-state index is 0.597. The van der Waals surface area contributed by atoms with Crippen LogP contribution in [0.4, 0.5) is 0 Å². The number of rotatable bonds is 3. The van der Waals surface area contributed by atoms with Crippen molar-refractivity contribution in [3.8, 4) is 0 Å². The van der Waals surface area contributed by atoms with Crippen LogP contribution < -0.4 is 0 Å². The van der Waals surface area contributed by atoms with Gasteiger partial charge in [0.2, 0.25) is 0 Å². The predicted molar refractivity (Wildman–Crippen MR) is 99.6 cm³/mol. The molecule has 2 atom stereocenters. The molecule has 2 aliphatic rings. The number of hydrogen-bond donors (Lipinski definition) is 0. The summed E-state index contributed by atoms with van der Waals surface area (Å²) in [4.78, 5) is 10.9. The zero-order valence-corrected chi connectivity index (χ0v) is 14.9. The second-order valence-electron chi connectivity index (χ2n) is 7.65. The second-order valence-corrected chi connectivity index (χ2v) is 7.65. The number of likely N-dealkylation sites (N-methyl/N-ethyl adjacent to an activating group) is 1.